The van der Waals surface area contributed by atoms with Crippen molar-refractivity contribution in [2.24, 2.45) is 5.92 Å². The van der Waals surface area contributed by atoms with E-state index in [0.717, 1.165) is 5.69 Å². The van der Waals surface area contributed by atoms with Gasteiger partial charge in [-0.2, -0.15) is 5.26 Å². The lowest BCUT2D eigenvalue weighted by atomic mass is 9.90. The van der Waals surface area contributed by atoms with Crippen LogP contribution in [0.1, 0.15) is 34.1 Å². The molecule has 0 heterocycles. The summed E-state index contributed by atoms with van der Waals surface area (Å²) in [7, 11) is 0. The number of benzene rings is 1. The number of para-hydroxylation sites is 1. The van der Waals surface area contributed by atoms with Gasteiger partial charge in [-0.1, -0.05) is 39.0 Å². The topological polar surface area (TPSA) is 76.4 Å². The smallest absolute Gasteiger partial charge is 0.240 e. The Kier molecular flexibility index (Phi) is 7.05. The first-order chi connectivity index (χ1) is 10.8. The van der Waals surface area contributed by atoms with Crippen molar-refractivity contribution in [2.45, 2.75) is 45.8 Å². The third-order valence-corrected chi connectivity index (χ3v) is 4.14. The highest BCUT2D eigenvalue weighted by atomic mass is 16.3. The Morgan fingerprint density at radius 2 is 2.00 bits per heavy atom. The van der Waals surface area contributed by atoms with E-state index in [-0.39, 0.29) is 18.4 Å². The summed E-state index contributed by atoms with van der Waals surface area (Å²) in [5.41, 5.74) is -0.0265. The molecular weight excluding hydrogens is 290 g/mol. The van der Waals surface area contributed by atoms with E-state index >= 15 is 0 Å². The first kappa shape index (κ1) is 19.0. The van der Waals surface area contributed by atoms with Gasteiger partial charge in [0, 0.05) is 12.2 Å². The molecule has 2 atom stereocenters. The fraction of sp³-hybridized carbons (Fsp3) is 0.556. The van der Waals surface area contributed by atoms with Gasteiger partial charge < -0.3 is 15.3 Å². The number of nitrogens with one attached hydrogen (secondary N) is 1. The molecule has 5 heteroatoms. The van der Waals surface area contributed by atoms with E-state index in [2.05, 4.69) is 11.4 Å². The molecule has 23 heavy (non-hydrogen) atoms. The first-order valence-corrected chi connectivity index (χ1v) is 8.02. The molecule has 0 spiro atoms. The number of carbonyl (C=O) groups excluding carboxylic acids is 1. The Balaban J connectivity index is 2.85. The molecule has 0 aliphatic heterocycles. The second kappa shape index (κ2) is 8.54. The lowest BCUT2D eigenvalue weighted by molar-refractivity contribution is -0.121. The van der Waals surface area contributed by atoms with Crippen molar-refractivity contribution in [2.75, 3.05) is 18.0 Å². The third-order valence-electron chi connectivity index (χ3n) is 4.14. The van der Waals surface area contributed by atoms with Crippen LogP contribution in [0.25, 0.3) is 0 Å². The highest BCUT2D eigenvalue weighted by molar-refractivity contribution is 5.82. The Morgan fingerprint density at radius 3 is 2.48 bits per heavy atom. The van der Waals surface area contributed by atoms with Crippen LogP contribution in [0, 0.1) is 17.2 Å². The summed E-state index contributed by atoms with van der Waals surface area (Å²) in [6, 6.07) is 11.7. The number of anilines is 1. The summed E-state index contributed by atoms with van der Waals surface area (Å²) in [5.74, 6) is -0.224. The molecular formula is C18H27N3O2. The molecule has 0 aliphatic rings. The van der Waals surface area contributed by atoms with Crippen molar-refractivity contribution >= 4 is 11.6 Å². The van der Waals surface area contributed by atoms with Gasteiger partial charge in [0.15, 0.2) is 0 Å². The van der Waals surface area contributed by atoms with Gasteiger partial charge in [-0.15, -0.1) is 0 Å². The molecule has 1 rings (SSSR count). The monoisotopic (exact) mass is 317 g/mol. The number of hydrogen-bond donors (Lipinski definition) is 2. The average molecular weight is 317 g/mol. The second-order valence-electron chi connectivity index (χ2n) is 6.30. The molecule has 5 nitrogen and oxygen atoms in total. The summed E-state index contributed by atoms with van der Waals surface area (Å²) < 4.78 is 0. The predicted molar refractivity (Wildman–Crippen MR) is 92.0 cm³/mol. The third kappa shape index (κ3) is 5.57. The Hall–Kier alpha value is -2.06. The van der Waals surface area contributed by atoms with Gasteiger partial charge in [0.05, 0.1) is 18.7 Å². The number of amides is 1. The van der Waals surface area contributed by atoms with Gasteiger partial charge in [-0.25, -0.2) is 0 Å². The molecule has 2 N–H and O–H groups in total. The van der Waals surface area contributed by atoms with Gasteiger partial charge in [0.1, 0.15) is 5.54 Å². The van der Waals surface area contributed by atoms with E-state index in [1.54, 1.807) is 6.92 Å². The Bertz CT molecular complexity index is 539. The number of carbonyl (C=O) groups is 1. The highest BCUT2D eigenvalue weighted by Gasteiger charge is 2.30. The lowest BCUT2D eigenvalue weighted by Gasteiger charge is -2.31. The van der Waals surface area contributed by atoms with Crippen LogP contribution < -0.4 is 10.2 Å². The van der Waals surface area contributed by atoms with Gasteiger partial charge >= 0.3 is 0 Å². The van der Waals surface area contributed by atoms with E-state index < -0.39 is 11.6 Å². The Morgan fingerprint density at radius 1 is 1.39 bits per heavy atom. The molecule has 1 amide bonds. The largest absolute Gasteiger partial charge is 0.391 e. The van der Waals surface area contributed by atoms with Crippen molar-refractivity contribution in [1.82, 2.24) is 5.32 Å². The number of aliphatic hydroxyl groups excluding tert-OH is 1. The predicted octanol–water partition coefficient (Wildman–Crippen LogP) is 2.32. The number of rotatable bonds is 8. The molecule has 0 aliphatic carbocycles. The molecule has 1 aromatic rings. The van der Waals surface area contributed by atoms with Crippen molar-refractivity contribution in [1.29, 1.82) is 5.26 Å². The van der Waals surface area contributed by atoms with Crippen molar-refractivity contribution in [3.63, 3.8) is 0 Å². The highest BCUT2D eigenvalue weighted by Crippen LogP contribution is 2.17. The summed E-state index contributed by atoms with van der Waals surface area (Å²) in [6.45, 7) is 7.91. The maximum atomic E-state index is 12.4. The standard InChI is InChI=1S/C18H27N3O2/c1-5-16(22)11-21(15-9-7-6-8-10-15)12-17(23)20-18(4,13-19)14(2)3/h6-10,14,16,22H,5,11-12H2,1-4H3,(H,20,23)/t16-,18+/m1/s1. The molecule has 0 fully saturated rings. The molecule has 0 aromatic heterocycles. The van der Waals surface area contributed by atoms with Gasteiger partial charge in [0.25, 0.3) is 0 Å². The first-order valence-electron chi connectivity index (χ1n) is 8.02. The van der Waals surface area contributed by atoms with Gasteiger partial charge in [-0.05, 0) is 31.4 Å². The van der Waals surface area contributed by atoms with Crippen molar-refractivity contribution < 1.29 is 9.90 Å². The van der Waals surface area contributed by atoms with Gasteiger partial charge in [0.2, 0.25) is 5.91 Å². The van der Waals surface area contributed by atoms with Crippen LogP contribution in [0.15, 0.2) is 30.3 Å². The van der Waals surface area contributed by atoms with Crippen molar-refractivity contribution in [3.05, 3.63) is 30.3 Å². The van der Waals surface area contributed by atoms with Crippen molar-refractivity contribution in [3.8, 4) is 6.07 Å². The Labute approximate surface area is 138 Å². The lowest BCUT2D eigenvalue weighted by Crippen LogP contribution is -2.52. The normalized spacial score (nSPS) is 14.7. The molecule has 126 valence electrons. The number of hydrogen-bond acceptors (Lipinski definition) is 4. The van der Waals surface area contributed by atoms with E-state index in [9.17, 15) is 15.2 Å². The maximum absolute atomic E-state index is 12.4. The van der Waals surface area contributed by atoms with E-state index in [1.807, 2.05) is 56.0 Å². The minimum Gasteiger partial charge on any atom is -0.391 e. The zero-order valence-corrected chi connectivity index (χ0v) is 14.4. The summed E-state index contributed by atoms with van der Waals surface area (Å²) in [4.78, 5) is 14.2. The zero-order valence-electron chi connectivity index (χ0n) is 14.4. The summed E-state index contributed by atoms with van der Waals surface area (Å²) in [6.07, 6.45) is 0.114. The van der Waals surface area contributed by atoms with Crippen LogP contribution in [-0.4, -0.2) is 35.7 Å². The zero-order chi connectivity index (χ0) is 17.5. The molecule has 0 bridgehead atoms. The molecule has 1 aromatic carbocycles. The number of nitrogens with zero attached hydrogens (tertiary/aromatic N) is 2. The minimum atomic E-state index is -0.900. The summed E-state index contributed by atoms with van der Waals surface area (Å²) in [5, 5.41) is 22.1. The maximum Gasteiger partial charge on any atom is 0.240 e. The summed E-state index contributed by atoms with van der Waals surface area (Å²) >= 11 is 0. The van der Waals surface area contributed by atoms with Crippen LogP contribution in [-0.2, 0) is 4.79 Å². The van der Waals surface area contributed by atoms with E-state index in [4.69, 9.17) is 0 Å². The van der Waals surface area contributed by atoms with E-state index in [0.29, 0.717) is 13.0 Å². The van der Waals surface area contributed by atoms with Crippen LogP contribution in [0.3, 0.4) is 0 Å². The second-order valence-corrected chi connectivity index (χ2v) is 6.30. The van der Waals surface area contributed by atoms with Crippen LogP contribution in [0.2, 0.25) is 0 Å². The fourth-order valence-electron chi connectivity index (χ4n) is 2.09. The SMILES string of the molecule is CC[C@@H](O)CN(CC(=O)N[C@@](C)(C#N)C(C)C)c1ccccc1. The fourth-order valence-corrected chi connectivity index (χ4v) is 2.09. The van der Waals surface area contributed by atoms with Gasteiger partial charge in [-0.3, -0.25) is 4.79 Å². The number of aliphatic hydroxyl groups is 1. The molecule has 0 saturated heterocycles. The van der Waals surface area contributed by atoms with Crippen LogP contribution in [0.4, 0.5) is 5.69 Å². The van der Waals surface area contributed by atoms with E-state index in [1.165, 1.54) is 0 Å². The number of nitriles is 1. The molecule has 0 saturated carbocycles. The van der Waals surface area contributed by atoms with Crippen LogP contribution in [0.5, 0.6) is 0 Å². The average Bonchev–Trinajstić information content (AvgIpc) is 2.54. The minimum absolute atomic E-state index is 0.00265. The molecule has 0 radical (unpaired) electrons. The molecule has 0 unspecified atom stereocenters. The quantitative estimate of drug-likeness (QED) is 0.771. The van der Waals surface area contributed by atoms with Crippen LogP contribution >= 0.6 is 0 Å².